The van der Waals surface area contributed by atoms with Gasteiger partial charge in [-0.05, 0) is 55.8 Å². The first kappa shape index (κ1) is 13.5. The SMILES string of the molecule is CCC(CC)(CC)C1(CC)CC23COC(=O)C1(C2)C3. The Balaban J connectivity index is 2.13. The summed E-state index contributed by atoms with van der Waals surface area (Å²) in [5.41, 5.74) is 0.756. The monoisotopic (exact) mass is 264 g/mol. The fraction of sp³-hybridized carbons (Fsp3) is 0.941. The lowest BCUT2D eigenvalue weighted by Crippen LogP contribution is -2.59. The highest BCUT2D eigenvalue weighted by Crippen LogP contribution is 2.83. The van der Waals surface area contributed by atoms with E-state index in [1.807, 2.05) is 0 Å². The smallest absolute Gasteiger partial charge is 0.312 e. The zero-order chi connectivity index (χ0) is 13.9. The molecule has 0 radical (unpaired) electrons. The Labute approximate surface area is 117 Å². The third-order valence-electron chi connectivity index (χ3n) is 7.50. The summed E-state index contributed by atoms with van der Waals surface area (Å²) in [6.07, 6.45) is 8.19. The number of cyclic esters (lactones) is 1. The number of ether oxygens (including phenoxy) is 1. The van der Waals surface area contributed by atoms with Crippen molar-refractivity contribution in [3.63, 3.8) is 0 Å². The molecule has 3 aliphatic carbocycles. The third-order valence-corrected chi connectivity index (χ3v) is 7.50. The maximum absolute atomic E-state index is 12.6. The summed E-state index contributed by atoms with van der Waals surface area (Å²) in [6, 6.07) is 0. The van der Waals surface area contributed by atoms with Crippen LogP contribution in [-0.2, 0) is 9.53 Å². The number of fused-ring (bicyclic) bond motifs is 1. The molecule has 3 saturated carbocycles. The summed E-state index contributed by atoms with van der Waals surface area (Å²) in [7, 11) is 0. The van der Waals surface area contributed by atoms with Gasteiger partial charge in [0.25, 0.3) is 0 Å². The van der Waals surface area contributed by atoms with E-state index in [1.165, 1.54) is 25.7 Å². The number of hydrogen-bond acceptors (Lipinski definition) is 2. The van der Waals surface area contributed by atoms with Gasteiger partial charge in [-0.2, -0.15) is 0 Å². The Kier molecular flexibility index (Phi) is 2.67. The van der Waals surface area contributed by atoms with Crippen molar-refractivity contribution in [1.82, 2.24) is 0 Å². The zero-order valence-electron chi connectivity index (χ0n) is 13.0. The van der Waals surface area contributed by atoms with Gasteiger partial charge in [0, 0.05) is 5.41 Å². The normalized spacial score (nSPS) is 43.9. The quantitative estimate of drug-likeness (QED) is 0.691. The number of esters is 1. The molecule has 0 N–H and O–H groups in total. The first-order chi connectivity index (χ1) is 8.99. The maximum Gasteiger partial charge on any atom is 0.312 e. The second-order valence-corrected chi connectivity index (χ2v) is 7.47. The van der Waals surface area contributed by atoms with E-state index >= 15 is 0 Å². The molecule has 0 aromatic carbocycles. The van der Waals surface area contributed by atoms with Crippen LogP contribution in [0.5, 0.6) is 0 Å². The van der Waals surface area contributed by atoms with Gasteiger partial charge >= 0.3 is 5.97 Å². The Hall–Kier alpha value is -0.530. The molecule has 0 aromatic rings. The molecule has 0 aromatic heterocycles. The molecule has 4 aliphatic rings. The molecule has 2 bridgehead atoms. The standard InChI is InChI=1S/C17H28O2/c1-5-15(6-2,7-3)17(8-4)11-14-9-16(17,10-14)13(18)19-12-14/h5-12H2,1-4H3. The van der Waals surface area contributed by atoms with Crippen LogP contribution >= 0.6 is 0 Å². The van der Waals surface area contributed by atoms with Gasteiger partial charge in [-0.3, -0.25) is 4.79 Å². The van der Waals surface area contributed by atoms with Gasteiger partial charge in [-0.15, -0.1) is 0 Å². The molecular formula is C17H28O2. The van der Waals surface area contributed by atoms with E-state index in [4.69, 9.17) is 4.74 Å². The molecule has 1 heterocycles. The predicted molar refractivity (Wildman–Crippen MR) is 75.7 cm³/mol. The van der Waals surface area contributed by atoms with Crippen molar-refractivity contribution in [3.8, 4) is 0 Å². The predicted octanol–water partition coefficient (Wildman–Crippen LogP) is 4.33. The highest BCUT2D eigenvalue weighted by atomic mass is 16.5. The topological polar surface area (TPSA) is 26.3 Å². The van der Waals surface area contributed by atoms with Gasteiger partial charge in [0.2, 0.25) is 0 Å². The van der Waals surface area contributed by atoms with E-state index < -0.39 is 0 Å². The van der Waals surface area contributed by atoms with Crippen LogP contribution in [0.15, 0.2) is 0 Å². The molecule has 4 fully saturated rings. The molecule has 4 rings (SSSR count). The van der Waals surface area contributed by atoms with Crippen molar-refractivity contribution < 1.29 is 9.53 Å². The number of carbonyl (C=O) groups is 1. The lowest BCUT2D eigenvalue weighted by molar-refractivity contribution is -0.205. The largest absolute Gasteiger partial charge is 0.465 e. The second kappa shape index (κ2) is 3.77. The molecule has 1 aliphatic heterocycles. The molecular weight excluding hydrogens is 236 g/mol. The molecule has 1 saturated heterocycles. The second-order valence-electron chi connectivity index (χ2n) is 7.47. The highest BCUT2D eigenvalue weighted by molar-refractivity contribution is 5.83. The minimum absolute atomic E-state index is 0.123. The fourth-order valence-corrected chi connectivity index (χ4v) is 6.65. The lowest BCUT2D eigenvalue weighted by atomic mass is 9.46. The van der Waals surface area contributed by atoms with E-state index in [0.29, 0.717) is 17.4 Å². The van der Waals surface area contributed by atoms with Crippen LogP contribution in [0.1, 0.15) is 72.6 Å². The molecule has 2 nitrogen and oxygen atoms in total. The van der Waals surface area contributed by atoms with Gasteiger partial charge in [-0.25, -0.2) is 0 Å². The Bertz CT molecular complexity index is 393. The summed E-state index contributed by atoms with van der Waals surface area (Å²) in [4.78, 5) is 12.6. The third kappa shape index (κ3) is 1.18. The Morgan fingerprint density at radius 1 is 1.05 bits per heavy atom. The number of hydrogen-bond donors (Lipinski definition) is 0. The minimum Gasteiger partial charge on any atom is -0.465 e. The van der Waals surface area contributed by atoms with Crippen LogP contribution in [-0.4, -0.2) is 12.6 Å². The van der Waals surface area contributed by atoms with E-state index in [9.17, 15) is 4.79 Å². The number of carbonyl (C=O) groups excluding carboxylic acids is 1. The van der Waals surface area contributed by atoms with Gasteiger partial charge < -0.3 is 4.74 Å². The summed E-state index contributed by atoms with van der Waals surface area (Å²) in [5, 5.41) is 0. The van der Waals surface area contributed by atoms with Crippen molar-refractivity contribution in [2.75, 3.05) is 6.61 Å². The van der Waals surface area contributed by atoms with Crippen LogP contribution in [0.25, 0.3) is 0 Å². The van der Waals surface area contributed by atoms with Crippen molar-refractivity contribution in [2.45, 2.75) is 72.6 Å². The maximum atomic E-state index is 12.6. The Morgan fingerprint density at radius 3 is 2.11 bits per heavy atom. The average Bonchev–Trinajstić information content (AvgIpc) is 2.81. The molecule has 0 amide bonds. The van der Waals surface area contributed by atoms with Crippen LogP contribution in [0.3, 0.4) is 0 Å². The summed E-state index contributed by atoms with van der Waals surface area (Å²) < 4.78 is 5.56. The van der Waals surface area contributed by atoms with E-state index in [2.05, 4.69) is 27.7 Å². The molecule has 1 unspecified atom stereocenters. The number of rotatable bonds is 5. The van der Waals surface area contributed by atoms with E-state index in [1.54, 1.807) is 0 Å². The molecule has 19 heavy (non-hydrogen) atoms. The first-order valence-corrected chi connectivity index (χ1v) is 8.16. The lowest BCUT2D eigenvalue weighted by Gasteiger charge is -2.58. The molecule has 2 heteroatoms. The fourth-order valence-electron chi connectivity index (χ4n) is 6.65. The molecule has 0 spiro atoms. The van der Waals surface area contributed by atoms with Crippen LogP contribution in [0, 0.1) is 21.7 Å². The van der Waals surface area contributed by atoms with Gasteiger partial charge in [0.05, 0.1) is 12.0 Å². The van der Waals surface area contributed by atoms with Crippen LogP contribution in [0.4, 0.5) is 0 Å². The average molecular weight is 264 g/mol. The summed E-state index contributed by atoms with van der Waals surface area (Å²) >= 11 is 0. The Morgan fingerprint density at radius 2 is 1.63 bits per heavy atom. The molecule has 108 valence electrons. The highest BCUT2D eigenvalue weighted by Gasteiger charge is 2.82. The van der Waals surface area contributed by atoms with Crippen molar-refractivity contribution in [1.29, 1.82) is 0 Å². The van der Waals surface area contributed by atoms with Gasteiger partial charge in [0.15, 0.2) is 0 Å². The van der Waals surface area contributed by atoms with Crippen molar-refractivity contribution in [3.05, 3.63) is 0 Å². The van der Waals surface area contributed by atoms with Gasteiger partial charge in [-0.1, -0.05) is 27.7 Å². The van der Waals surface area contributed by atoms with Crippen LogP contribution < -0.4 is 0 Å². The first-order valence-electron chi connectivity index (χ1n) is 8.16. The molecule has 1 atom stereocenters. The van der Waals surface area contributed by atoms with E-state index in [0.717, 1.165) is 19.3 Å². The van der Waals surface area contributed by atoms with Crippen LogP contribution in [0.2, 0.25) is 0 Å². The van der Waals surface area contributed by atoms with Gasteiger partial charge in [0.1, 0.15) is 0 Å². The van der Waals surface area contributed by atoms with Crippen molar-refractivity contribution >= 4 is 5.97 Å². The van der Waals surface area contributed by atoms with Crippen molar-refractivity contribution in [2.24, 2.45) is 21.7 Å². The summed E-state index contributed by atoms with van der Waals surface area (Å²) in [6.45, 7) is 9.98. The summed E-state index contributed by atoms with van der Waals surface area (Å²) in [5.74, 6) is 0.133. The zero-order valence-corrected chi connectivity index (χ0v) is 13.0. The van der Waals surface area contributed by atoms with E-state index in [-0.39, 0.29) is 16.8 Å². The minimum atomic E-state index is -0.123.